The molecule has 0 saturated carbocycles. The van der Waals surface area contributed by atoms with Gasteiger partial charge in [-0.3, -0.25) is 4.90 Å². The molecule has 4 heterocycles. The molecule has 0 bridgehead atoms. The average molecular weight is 976 g/mol. The molecule has 4 aromatic carbocycles. The maximum absolute atomic E-state index is 18.1. The van der Waals surface area contributed by atoms with Crippen LogP contribution in [-0.2, 0) is 13.1 Å². The molecule has 2 saturated heterocycles. The highest BCUT2D eigenvalue weighted by Gasteiger charge is 2.49. The van der Waals surface area contributed by atoms with Crippen LogP contribution in [0.25, 0.3) is 32.9 Å². The number of rotatable bonds is 15. The Balaban J connectivity index is 1.39. The number of alkyl halides is 1. The first-order valence-corrected chi connectivity index (χ1v) is 26.6. The molecule has 8 rings (SSSR count). The summed E-state index contributed by atoms with van der Waals surface area (Å²) >= 11 is 0. The van der Waals surface area contributed by atoms with E-state index in [-0.39, 0.29) is 62.7 Å². The van der Waals surface area contributed by atoms with Crippen LogP contribution in [0.5, 0.6) is 23.4 Å². The van der Waals surface area contributed by atoms with E-state index < -0.39 is 48.4 Å². The first-order chi connectivity index (χ1) is 33.2. The van der Waals surface area contributed by atoms with Crippen LogP contribution in [0.3, 0.4) is 0 Å². The minimum absolute atomic E-state index is 0.00713. The first kappa shape index (κ1) is 50.5. The van der Waals surface area contributed by atoms with Gasteiger partial charge in [0.25, 0.3) is 0 Å². The predicted octanol–water partition coefficient (Wildman–Crippen LogP) is 13.2. The molecular weight excluding hydrogens is 911 g/mol. The topological polar surface area (TPSA) is 82.1 Å². The molecule has 0 amide bonds. The van der Waals surface area contributed by atoms with Crippen molar-refractivity contribution >= 4 is 35.6 Å². The van der Waals surface area contributed by atoms with Gasteiger partial charge in [-0.05, 0) is 116 Å². The van der Waals surface area contributed by atoms with Crippen molar-refractivity contribution in [3.05, 3.63) is 107 Å². The second kappa shape index (κ2) is 20.1. The smallest absolute Gasteiger partial charge is 0.320 e. The van der Waals surface area contributed by atoms with Gasteiger partial charge in [0.15, 0.2) is 5.82 Å². The number of benzene rings is 4. The summed E-state index contributed by atoms with van der Waals surface area (Å²) in [7, 11) is 0.752. The van der Waals surface area contributed by atoms with Gasteiger partial charge < -0.3 is 23.8 Å². The Morgan fingerprint density at radius 2 is 1.43 bits per heavy atom. The summed E-state index contributed by atoms with van der Waals surface area (Å²) in [5.74, 6) is 2.29. The normalized spacial score (nSPS) is 17.4. The second-order valence-corrected chi connectivity index (χ2v) is 26.5. The summed E-state index contributed by atoms with van der Waals surface area (Å²) in [4.78, 5) is 18.5. The molecular formula is C56H65F4N5O4Si. The molecule has 2 aromatic heterocycles. The summed E-state index contributed by atoms with van der Waals surface area (Å²) in [5.41, 5.74) is 3.84. The van der Waals surface area contributed by atoms with Crippen molar-refractivity contribution in [1.82, 2.24) is 19.9 Å². The minimum Gasteiger partial charge on any atom is -0.497 e. The van der Waals surface area contributed by atoms with Gasteiger partial charge in [-0.25, -0.2) is 22.5 Å². The lowest BCUT2D eigenvalue weighted by Gasteiger charge is -2.38. The molecule has 0 aliphatic carbocycles. The lowest BCUT2D eigenvalue weighted by Crippen LogP contribution is -2.43. The Bertz CT molecular complexity index is 2860. The Labute approximate surface area is 410 Å². The lowest BCUT2D eigenvalue weighted by atomic mass is 9.95. The maximum Gasteiger partial charge on any atom is 0.320 e. The van der Waals surface area contributed by atoms with Crippen molar-refractivity contribution in [2.24, 2.45) is 0 Å². The van der Waals surface area contributed by atoms with Crippen LogP contribution in [0, 0.1) is 28.9 Å². The van der Waals surface area contributed by atoms with Crippen molar-refractivity contribution in [3.63, 3.8) is 0 Å². The van der Waals surface area contributed by atoms with Crippen LogP contribution in [0.1, 0.15) is 98.3 Å². The Hall–Kier alpha value is -5.91. The van der Waals surface area contributed by atoms with Crippen LogP contribution >= 0.6 is 0 Å². The Kier molecular flexibility index (Phi) is 14.5. The zero-order chi connectivity index (χ0) is 50.3. The number of halogens is 4. The van der Waals surface area contributed by atoms with Crippen molar-refractivity contribution in [1.29, 1.82) is 0 Å². The third kappa shape index (κ3) is 10.0. The van der Waals surface area contributed by atoms with Gasteiger partial charge in [0.05, 0.1) is 42.0 Å². The van der Waals surface area contributed by atoms with E-state index in [1.807, 2.05) is 59.5 Å². The van der Waals surface area contributed by atoms with Crippen molar-refractivity contribution in [3.8, 4) is 46.1 Å². The van der Waals surface area contributed by atoms with E-state index in [1.165, 1.54) is 6.07 Å². The van der Waals surface area contributed by atoms with E-state index in [1.54, 1.807) is 41.1 Å². The fraction of sp³-hybridized carbons (Fsp3) is 0.446. The third-order valence-corrected chi connectivity index (χ3v) is 20.6. The number of hydrogen-bond acceptors (Lipinski definition) is 9. The van der Waals surface area contributed by atoms with E-state index in [0.717, 1.165) is 36.6 Å². The van der Waals surface area contributed by atoms with E-state index in [0.29, 0.717) is 48.8 Å². The maximum atomic E-state index is 18.1. The number of aromatic nitrogens is 3. The molecule has 370 valence electrons. The van der Waals surface area contributed by atoms with Gasteiger partial charge in [-0.1, -0.05) is 77.8 Å². The molecule has 0 unspecified atom stereocenters. The SMILES string of the molecule is COc1ccc(CN(Cc2ccc(OC)cc2)c2cc3ccc(F)c(C#C[Si](C(C)C)(C(C)C)C(C)C)c3c(-c3c(F)cc4c(OC(C)(C)C)nc(OC[C@@]56CCCN5C[C@H](F)C6)nc4c3F)n2)cc1. The van der Waals surface area contributed by atoms with Gasteiger partial charge in [0, 0.05) is 31.4 Å². The molecule has 0 radical (unpaired) electrons. The van der Waals surface area contributed by atoms with E-state index in [9.17, 15) is 4.39 Å². The fourth-order valence-electron chi connectivity index (χ4n) is 10.9. The van der Waals surface area contributed by atoms with Crippen LogP contribution < -0.4 is 23.8 Å². The summed E-state index contributed by atoms with van der Waals surface area (Å²) in [6, 6.07) is 21.0. The van der Waals surface area contributed by atoms with E-state index in [4.69, 9.17) is 23.9 Å². The van der Waals surface area contributed by atoms with Crippen LogP contribution in [0.2, 0.25) is 16.6 Å². The molecule has 9 nitrogen and oxygen atoms in total. The molecule has 14 heteroatoms. The number of anilines is 1. The van der Waals surface area contributed by atoms with Crippen LogP contribution in [0.4, 0.5) is 23.4 Å². The van der Waals surface area contributed by atoms with Gasteiger partial charge >= 0.3 is 6.01 Å². The first-order valence-electron chi connectivity index (χ1n) is 24.3. The Morgan fingerprint density at radius 1 is 0.814 bits per heavy atom. The zero-order valence-corrected chi connectivity index (χ0v) is 43.3. The highest BCUT2D eigenvalue weighted by Crippen LogP contribution is 2.44. The molecule has 6 aromatic rings. The highest BCUT2D eigenvalue weighted by atomic mass is 28.3. The molecule has 2 atom stereocenters. The Morgan fingerprint density at radius 3 is 2.00 bits per heavy atom. The standard InChI is InChI=1S/C56H65F4N5O4Si/c1-34(2)70(35(3)4,36(5)6)26-23-43-45(58)22-17-39-27-47(64(30-37-13-18-41(66-10)19-14-37)31-38-15-20-42(67-11)21-16-38)61-52(48(39)43)49-46(59)28-44-51(50(49)60)62-54(63-53(44)69-55(7,8)9)68-33-56-24-12-25-65(56)32-40(57)29-56/h13-22,27-28,34-36,40H,12,24-25,29-33H2,1-11H3/t40-,56+/m1/s1. The van der Waals surface area contributed by atoms with Gasteiger partial charge in [0.2, 0.25) is 5.88 Å². The third-order valence-electron chi connectivity index (χ3n) is 14.3. The molecule has 2 aliphatic heterocycles. The summed E-state index contributed by atoms with van der Waals surface area (Å²) < 4.78 is 90.7. The highest BCUT2D eigenvalue weighted by molar-refractivity contribution is 6.90. The second-order valence-electron chi connectivity index (χ2n) is 20.9. The summed E-state index contributed by atoms with van der Waals surface area (Å²) in [6.07, 6.45) is 0.931. The predicted molar refractivity (Wildman–Crippen MR) is 273 cm³/mol. The largest absolute Gasteiger partial charge is 0.497 e. The molecule has 2 aliphatic rings. The number of pyridine rings is 1. The molecule has 2 fully saturated rings. The van der Waals surface area contributed by atoms with Crippen molar-refractivity contribution in [2.75, 3.05) is 38.8 Å². The van der Waals surface area contributed by atoms with Crippen molar-refractivity contribution < 1.29 is 36.5 Å². The van der Waals surface area contributed by atoms with E-state index in [2.05, 4.69) is 67.9 Å². The quantitative estimate of drug-likeness (QED) is 0.0568. The number of fused-ring (bicyclic) bond motifs is 3. The number of methoxy groups -OCH3 is 2. The monoisotopic (exact) mass is 975 g/mol. The number of ether oxygens (including phenoxy) is 4. The summed E-state index contributed by atoms with van der Waals surface area (Å²) in [5, 5.41) is 0.623. The van der Waals surface area contributed by atoms with Crippen LogP contribution in [-0.4, -0.2) is 79.2 Å². The minimum atomic E-state index is -2.46. The number of nitrogens with zero attached hydrogens (tertiary/aromatic N) is 5. The number of hydrogen-bond donors (Lipinski definition) is 0. The van der Waals surface area contributed by atoms with Gasteiger partial charge in [-0.15, -0.1) is 5.54 Å². The van der Waals surface area contributed by atoms with E-state index >= 15 is 13.2 Å². The fourth-order valence-corrected chi connectivity index (χ4v) is 16.2. The molecule has 0 N–H and O–H groups in total. The van der Waals surface area contributed by atoms with Crippen LogP contribution in [0.15, 0.2) is 72.8 Å². The molecule has 0 spiro atoms. The van der Waals surface area contributed by atoms with Crippen molar-refractivity contribution in [2.45, 2.75) is 129 Å². The van der Waals surface area contributed by atoms with Gasteiger partial charge in [-0.2, -0.15) is 9.97 Å². The van der Waals surface area contributed by atoms with Gasteiger partial charge in [0.1, 0.15) is 60.9 Å². The lowest BCUT2D eigenvalue weighted by molar-refractivity contribution is 0.102. The molecule has 70 heavy (non-hydrogen) atoms. The summed E-state index contributed by atoms with van der Waals surface area (Å²) in [6.45, 7) is 20.2. The zero-order valence-electron chi connectivity index (χ0n) is 42.3. The average Bonchev–Trinajstić information content (AvgIpc) is 3.84.